The number of ketones is 1. The number of hydrogen-bond acceptors (Lipinski definition) is 8. The fourth-order valence-electron chi connectivity index (χ4n) is 5.07. The van der Waals surface area contributed by atoms with Crippen molar-refractivity contribution < 1.29 is 33.4 Å². The third-order valence-corrected chi connectivity index (χ3v) is 13.3. The standard InChI is InChI=1S/C31H38ClNO7Si/c1-30(2,3)41(7,8)40-26-17-24(34)23-16-27(32)31(29(35)39-6,18-19-13-14-20(37-4)15-25(19)38-5)33(36)28(23)22-12-10-9-11-21(22)26/h9-16,26,36H,17-18H2,1-8H3. The summed E-state index contributed by atoms with van der Waals surface area (Å²) in [5.74, 6) is -0.0538. The molecule has 2 atom stereocenters. The lowest BCUT2D eigenvalue weighted by Crippen LogP contribution is -2.56. The maximum absolute atomic E-state index is 13.8. The Balaban J connectivity index is 1.90. The van der Waals surface area contributed by atoms with Gasteiger partial charge in [-0.05, 0) is 41.4 Å². The Morgan fingerprint density at radius 1 is 1.12 bits per heavy atom. The summed E-state index contributed by atoms with van der Waals surface area (Å²) in [5.41, 5.74) is 0.379. The van der Waals surface area contributed by atoms with Gasteiger partial charge in [-0.3, -0.25) is 10.0 Å². The molecule has 10 heteroatoms. The van der Waals surface area contributed by atoms with E-state index in [-0.39, 0.29) is 40.0 Å². The molecule has 0 radical (unpaired) electrons. The Labute approximate surface area is 247 Å². The number of carbonyl (C=O) groups is 2. The molecule has 0 fully saturated rings. The van der Waals surface area contributed by atoms with Crippen molar-refractivity contribution >= 4 is 37.4 Å². The summed E-state index contributed by atoms with van der Waals surface area (Å²) in [6.45, 7) is 10.7. The van der Waals surface area contributed by atoms with Crippen LogP contribution >= 0.6 is 11.6 Å². The topological polar surface area (TPSA) is 94.5 Å². The second-order valence-corrected chi connectivity index (χ2v) is 17.0. The number of hydroxylamine groups is 2. The van der Waals surface area contributed by atoms with Gasteiger partial charge in [-0.25, -0.2) is 9.86 Å². The van der Waals surface area contributed by atoms with Crippen molar-refractivity contribution in [1.82, 2.24) is 5.06 Å². The van der Waals surface area contributed by atoms with Crippen LogP contribution in [-0.4, -0.2) is 57.2 Å². The third kappa shape index (κ3) is 5.32. The number of esters is 1. The Hall–Kier alpha value is -3.11. The van der Waals surface area contributed by atoms with Crippen molar-refractivity contribution in [3.05, 3.63) is 75.8 Å². The Kier molecular flexibility index (Phi) is 8.49. The van der Waals surface area contributed by atoms with Crippen molar-refractivity contribution in [2.45, 2.75) is 63.4 Å². The van der Waals surface area contributed by atoms with Crippen LogP contribution in [0.4, 0.5) is 0 Å². The predicted molar refractivity (Wildman–Crippen MR) is 160 cm³/mol. The van der Waals surface area contributed by atoms with Crippen molar-refractivity contribution in [2.75, 3.05) is 21.3 Å². The minimum atomic E-state index is -2.30. The number of fused-ring (bicyclic) bond motifs is 2. The number of benzene rings is 2. The highest BCUT2D eigenvalue weighted by Gasteiger charge is 2.54. The third-order valence-electron chi connectivity index (χ3n) is 8.44. The summed E-state index contributed by atoms with van der Waals surface area (Å²) >= 11 is 6.86. The molecule has 1 N–H and O–H groups in total. The van der Waals surface area contributed by atoms with Gasteiger partial charge >= 0.3 is 5.97 Å². The molecule has 0 spiro atoms. The molecule has 0 aromatic heterocycles. The molecule has 1 aliphatic heterocycles. The zero-order valence-corrected chi connectivity index (χ0v) is 26.6. The number of carbonyl (C=O) groups excluding carboxylic acids is 2. The van der Waals surface area contributed by atoms with Crippen LogP contribution in [0, 0.1) is 0 Å². The Morgan fingerprint density at radius 2 is 1.80 bits per heavy atom. The van der Waals surface area contributed by atoms with E-state index < -0.39 is 25.9 Å². The molecule has 1 aliphatic carbocycles. The number of ether oxygens (including phenoxy) is 3. The molecule has 2 aliphatic rings. The van der Waals surface area contributed by atoms with Crippen molar-refractivity contribution in [3.63, 3.8) is 0 Å². The van der Waals surface area contributed by atoms with Gasteiger partial charge in [0.25, 0.3) is 0 Å². The highest BCUT2D eigenvalue weighted by molar-refractivity contribution is 6.74. The van der Waals surface area contributed by atoms with E-state index in [1.807, 2.05) is 24.3 Å². The lowest BCUT2D eigenvalue weighted by atomic mass is 9.83. The first kappa shape index (κ1) is 30.8. The summed E-state index contributed by atoms with van der Waals surface area (Å²) in [4.78, 5) is 27.4. The van der Waals surface area contributed by atoms with Gasteiger partial charge in [-0.2, -0.15) is 0 Å². The number of nitrogens with zero attached hydrogens (tertiary/aromatic N) is 1. The Bertz CT molecular complexity index is 1430. The van der Waals surface area contributed by atoms with E-state index in [1.54, 1.807) is 18.2 Å². The minimum Gasteiger partial charge on any atom is -0.497 e. The molecule has 8 nitrogen and oxygen atoms in total. The summed E-state index contributed by atoms with van der Waals surface area (Å²) in [7, 11) is 1.97. The lowest BCUT2D eigenvalue weighted by molar-refractivity contribution is -0.171. The van der Waals surface area contributed by atoms with Crippen LogP contribution in [0.2, 0.25) is 18.1 Å². The van der Waals surface area contributed by atoms with Gasteiger partial charge in [0.1, 0.15) is 11.5 Å². The molecule has 2 aromatic rings. The summed E-state index contributed by atoms with van der Waals surface area (Å²) in [6.07, 6.45) is 0.883. The molecule has 1 heterocycles. The molecule has 0 amide bonds. The number of rotatable bonds is 7. The van der Waals surface area contributed by atoms with Gasteiger partial charge in [0.15, 0.2) is 14.1 Å². The van der Waals surface area contributed by atoms with E-state index in [0.29, 0.717) is 22.6 Å². The summed E-state index contributed by atoms with van der Waals surface area (Å²) in [6, 6.07) is 12.6. The fourth-order valence-corrected chi connectivity index (χ4v) is 6.68. The zero-order chi connectivity index (χ0) is 30.3. The minimum absolute atomic E-state index is 0.0573. The van der Waals surface area contributed by atoms with E-state index >= 15 is 0 Å². The van der Waals surface area contributed by atoms with E-state index in [9.17, 15) is 14.8 Å². The molecule has 4 rings (SSSR count). The quantitative estimate of drug-likeness (QED) is 0.287. The number of hydrogen-bond donors (Lipinski definition) is 1. The van der Waals surface area contributed by atoms with Crippen LogP contribution in [0.15, 0.2) is 59.1 Å². The second kappa shape index (κ2) is 11.3. The van der Waals surface area contributed by atoms with Crippen LogP contribution < -0.4 is 9.47 Å². The van der Waals surface area contributed by atoms with Crippen LogP contribution in [0.25, 0.3) is 5.70 Å². The molecular weight excluding hydrogens is 562 g/mol. The molecule has 0 saturated carbocycles. The average molecular weight is 600 g/mol. The predicted octanol–water partition coefficient (Wildman–Crippen LogP) is 6.43. The maximum atomic E-state index is 13.8. The van der Waals surface area contributed by atoms with E-state index in [0.717, 1.165) is 10.6 Å². The fraction of sp³-hybridized carbons (Fsp3) is 0.419. The molecule has 0 bridgehead atoms. The highest BCUT2D eigenvalue weighted by Crippen LogP contribution is 2.49. The van der Waals surface area contributed by atoms with Gasteiger partial charge in [0, 0.05) is 30.0 Å². The molecule has 0 saturated heterocycles. The summed E-state index contributed by atoms with van der Waals surface area (Å²) < 4.78 is 22.9. The van der Waals surface area contributed by atoms with Crippen LogP contribution in [-0.2, 0) is 25.2 Å². The first-order chi connectivity index (χ1) is 19.2. The number of halogens is 1. The van der Waals surface area contributed by atoms with Crippen molar-refractivity contribution in [1.29, 1.82) is 0 Å². The SMILES string of the molecule is COC(=O)C1(Cc2ccc(OC)cc2OC)C(Cl)=CC2=C(c3ccccc3C(O[Si](C)(C)C(C)(C)C)CC2=O)N1O. The van der Waals surface area contributed by atoms with Crippen LogP contribution in [0.5, 0.6) is 11.5 Å². The number of Topliss-reactive ketones (excluding diaryl/α,β-unsaturated/α-hetero) is 1. The lowest BCUT2D eigenvalue weighted by Gasteiger charge is -2.43. The van der Waals surface area contributed by atoms with Crippen LogP contribution in [0.3, 0.4) is 0 Å². The van der Waals surface area contributed by atoms with Gasteiger partial charge < -0.3 is 18.6 Å². The first-order valence-corrected chi connectivity index (χ1v) is 16.7. The van der Waals surface area contributed by atoms with Crippen molar-refractivity contribution in [3.8, 4) is 11.5 Å². The average Bonchev–Trinajstić information content (AvgIpc) is 3.04. The van der Waals surface area contributed by atoms with Crippen molar-refractivity contribution in [2.24, 2.45) is 0 Å². The Morgan fingerprint density at radius 3 is 2.41 bits per heavy atom. The first-order valence-electron chi connectivity index (χ1n) is 13.4. The molecule has 2 aromatic carbocycles. The monoisotopic (exact) mass is 599 g/mol. The summed E-state index contributed by atoms with van der Waals surface area (Å²) in [5, 5.41) is 12.7. The normalized spacial score (nSPS) is 21.0. The van der Waals surface area contributed by atoms with E-state index in [2.05, 4.69) is 33.9 Å². The largest absolute Gasteiger partial charge is 0.497 e. The molecule has 220 valence electrons. The van der Waals surface area contributed by atoms with E-state index in [1.165, 1.54) is 27.4 Å². The smallest absolute Gasteiger partial charge is 0.340 e. The molecule has 41 heavy (non-hydrogen) atoms. The number of methoxy groups -OCH3 is 3. The highest BCUT2D eigenvalue weighted by atomic mass is 35.5. The number of allylic oxidation sites excluding steroid dienone is 2. The molecule has 2 unspecified atom stereocenters. The molecular formula is C31H38ClNO7Si. The van der Waals surface area contributed by atoms with Gasteiger partial charge in [0.2, 0.25) is 5.54 Å². The van der Waals surface area contributed by atoms with Crippen LogP contribution in [0.1, 0.15) is 50.0 Å². The second-order valence-electron chi connectivity index (χ2n) is 11.9. The maximum Gasteiger partial charge on any atom is 0.340 e. The van der Waals surface area contributed by atoms with Gasteiger partial charge in [-0.1, -0.05) is 62.7 Å². The zero-order valence-electron chi connectivity index (χ0n) is 24.8. The van der Waals surface area contributed by atoms with Gasteiger partial charge in [0.05, 0.1) is 38.2 Å². The van der Waals surface area contributed by atoms with E-state index in [4.69, 9.17) is 30.2 Å². The van der Waals surface area contributed by atoms with Gasteiger partial charge in [-0.15, -0.1) is 0 Å².